The van der Waals surface area contributed by atoms with Gasteiger partial charge < -0.3 is 23.7 Å². The highest BCUT2D eigenvalue weighted by molar-refractivity contribution is 5.77. The number of hydrogen-bond acceptors (Lipinski definition) is 6. The van der Waals surface area contributed by atoms with Crippen LogP contribution in [-0.4, -0.2) is 39.5 Å². The van der Waals surface area contributed by atoms with E-state index in [1.807, 2.05) is 51.1 Å². The predicted molar refractivity (Wildman–Crippen MR) is 146 cm³/mol. The number of methoxy groups -OCH3 is 1. The van der Waals surface area contributed by atoms with Crippen LogP contribution in [0.5, 0.6) is 17.2 Å². The second kappa shape index (κ2) is 14.4. The molecule has 0 aromatic heterocycles. The molecule has 0 aliphatic rings. The minimum Gasteiger partial charge on any atom is -0.496 e. The van der Waals surface area contributed by atoms with E-state index in [9.17, 15) is 9.18 Å². The summed E-state index contributed by atoms with van der Waals surface area (Å²) in [4.78, 5) is 11.6. The van der Waals surface area contributed by atoms with Crippen LogP contribution in [-0.2, 0) is 27.3 Å². The Morgan fingerprint density at radius 2 is 1.63 bits per heavy atom. The quantitative estimate of drug-likeness (QED) is 0.175. The minimum absolute atomic E-state index is 0.138. The molecule has 0 saturated carbocycles. The van der Waals surface area contributed by atoms with Gasteiger partial charge in [0, 0.05) is 24.7 Å². The largest absolute Gasteiger partial charge is 0.496 e. The third kappa shape index (κ3) is 7.96. The third-order valence-electron chi connectivity index (χ3n) is 6.07. The highest BCUT2D eigenvalue weighted by Gasteiger charge is 2.15. The number of hydrogen-bond donors (Lipinski definition) is 0. The summed E-state index contributed by atoms with van der Waals surface area (Å²) in [5, 5.41) is 0. The molecule has 0 aliphatic carbocycles. The summed E-state index contributed by atoms with van der Waals surface area (Å²) in [5.41, 5.74) is 5.51. The molecule has 38 heavy (non-hydrogen) atoms. The second-order valence-electron chi connectivity index (χ2n) is 8.86. The van der Waals surface area contributed by atoms with Gasteiger partial charge in [0.15, 0.2) is 0 Å². The summed E-state index contributed by atoms with van der Waals surface area (Å²) in [6, 6.07) is 14.6. The average molecular weight is 525 g/mol. The first-order valence-corrected chi connectivity index (χ1v) is 12.9. The number of rotatable bonds is 14. The lowest BCUT2D eigenvalue weighted by Gasteiger charge is -2.17. The van der Waals surface area contributed by atoms with Crippen molar-refractivity contribution >= 4 is 5.97 Å². The number of benzene rings is 3. The Labute approximate surface area is 224 Å². The van der Waals surface area contributed by atoms with Gasteiger partial charge in [-0.15, -0.1) is 0 Å². The van der Waals surface area contributed by atoms with Crippen molar-refractivity contribution in [1.82, 2.24) is 0 Å². The monoisotopic (exact) mass is 524 g/mol. The van der Waals surface area contributed by atoms with Crippen molar-refractivity contribution < 1.29 is 32.9 Å². The third-order valence-corrected chi connectivity index (χ3v) is 6.07. The van der Waals surface area contributed by atoms with Crippen molar-refractivity contribution in [2.24, 2.45) is 0 Å². The first-order chi connectivity index (χ1) is 18.4. The van der Waals surface area contributed by atoms with Gasteiger partial charge in [-0.25, -0.2) is 4.39 Å². The molecular weight excluding hydrogens is 487 g/mol. The van der Waals surface area contributed by atoms with Gasteiger partial charge in [-0.3, -0.25) is 4.79 Å². The molecule has 3 rings (SSSR count). The highest BCUT2D eigenvalue weighted by Crippen LogP contribution is 2.37. The van der Waals surface area contributed by atoms with Crippen molar-refractivity contribution in [3.8, 4) is 28.4 Å². The van der Waals surface area contributed by atoms with Crippen LogP contribution < -0.4 is 14.2 Å². The Morgan fingerprint density at radius 1 is 0.868 bits per heavy atom. The Morgan fingerprint density at radius 3 is 2.29 bits per heavy atom. The zero-order valence-corrected chi connectivity index (χ0v) is 22.9. The number of ether oxygens (including phenoxy) is 5. The van der Waals surface area contributed by atoms with Crippen molar-refractivity contribution in [3.63, 3.8) is 0 Å². The molecule has 7 heteroatoms. The summed E-state index contributed by atoms with van der Waals surface area (Å²) >= 11 is 0. The first kappa shape index (κ1) is 29.0. The molecule has 3 aromatic rings. The van der Waals surface area contributed by atoms with E-state index >= 15 is 0 Å². The van der Waals surface area contributed by atoms with E-state index in [2.05, 4.69) is 0 Å². The summed E-state index contributed by atoms with van der Waals surface area (Å²) < 4.78 is 42.2. The van der Waals surface area contributed by atoms with Crippen LogP contribution in [0.25, 0.3) is 11.1 Å². The Kier molecular flexibility index (Phi) is 11.0. The molecule has 0 fully saturated rings. The van der Waals surface area contributed by atoms with Gasteiger partial charge in [0.1, 0.15) is 36.3 Å². The molecule has 0 atom stereocenters. The van der Waals surface area contributed by atoms with Gasteiger partial charge >= 0.3 is 5.97 Å². The van der Waals surface area contributed by atoms with E-state index in [-0.39, 0.29) is 25.4 Å². The molecule has 0 unspecified atom stereocenters. The molecule has 0 heterocycles. The predicted octanol–water partition coefficient (Wildman–Crippen LogP) is 6.61. The van der Waals surface area contributed by atoms with Gasteiger partial charge in [-0.2, -0.15) is 0 Å². The fourth-order valence-corrected chi connectivity index (χ4v) is 4.29. The number of aryl methyl sites for hydroxylation is 3. The zero-order chi connectivity index (χ0) is 27.5. The SMILES string of the molecule is CCOCCOc1cc(C)c(-c2cc(COc3ccc(CCC(=O)OCC)c(F)c3)ccc2OC)c(C)c1. The smallest absolute Gasteiger partial charge is 0.306 e. The topological polar surface area (TPSA) is 63.2 Å². The molecule has 204 valence electrons. The standard InChI is InChI=1S/C31H37FO6/c1-6-35-14-15-37-26-16-21(3)31(22(4)17-26)27-18-23(8-12-29(27)34-5)20-38-25-11-9-24(28(32)19-25)10-13-30(33)36-7-2/h8-9,11-12,16-19H,6-7,10,13-15,20H2,1-5H3. The minimum atomic E-state index is -0.406. The van der Waals surface area contributed by atoms with Gasteiger partial charge in [0.05, 0.1) is 20.3 Å². The van der Waals surface area contributed by atoms with Gasteiger partial charge in [0.2, 0.25) is 0 Å². The molecule has 0 aliphatic heterocycles. The molecule has 0 bridgehead atoms. The van der Waals surface area contributed by atoms with Crippen LogP contribution in [0.3, 0.4) is 0 Å². The van der Waals surface area contributed by atoms with Crippen molar-refractivity contribution in [2.45, 2.75) is 47.1 Å². The van der Waals surface area contributed by atoms with Gasteiger partial charge in [-0.1, -0.05) is 12.1 Å². The molecule has 0 N–H and O–H groups in total. The van der Waals surface area contributed by atoms with E-state index < -0.39 is 5.82 Å². The Hall–Kier alpha value is -3.58. The second-order valence-corrected chi connectivity index (χ2v) is 8.86. The average Bonchev–Trinajstić information content (AvgIpc) is 2.89. The highest BCUT2D eigenvalue weighted by atomic mass is 19.1. The van der Waals surface area contributed by atoms with Gasteiger partial charge in [0.25, 0.3) is 0 Å². The summed E-state index contributed by atoms with van der Waals surface area (Å²) in [6.45, 7) is 10.1. The lowest BCUT2D eigenvalue weighted by Crippen LogP contribution is -2.07. The summed E-state index contributed by atoms with van der Waals surface area (Å²) in [7, 11) is 1.65. The molecular formula is C31H37FO6. The molecule has 3 aromatic carbocycles. The van der Waals surface area contributed by atoms with Crippen LogP contribution in [0.2, 0.25) is 0 Å². The normalized spacial score (nSPS) is 10.8. The molecule has 0 saturated heterocycles. The maximum Gasteiger partial charge on any atom is 0.306 e. The molecule has 6 nitrogen and oxygen atoms in total. The molecule has 0 radical (unpaired) electrons. The molecule has 0 spiro atoms. The van der Waals surface area contributed by atoms with E-state index in [0.717, 1.165) is 39.3 Å². The lowest BCUT2D eigenvalue weighted by atomic mass is 9.93. The summed E-state index contributed by atoms with van der Waals surface area (Å²) in [5.74, 6) is 1.23. The fourth-order valence-electron chi connectivity index (χ4n) is 4.29. The van der Waals surface area contributed by atoms with Crippen molar-refractivity contribution in [3.05, 3.63) is 76.6 Å². The van der Waals surface area contributed by atoms with Gasteiger partial charge in [-0.05, 0) is 92.3 Å². The number of carbonyl (C=O) groups excluding carboxylic acids is 1. The lowest BCUT2D eigenvalue weighted by molar-refractivity contribution is -0.143. The fraction of sp³-hybridized carbons (Fsp3) is 0.387. The van der Waals surface area contributed by atoms with E-state index in [1.165, 1.54) is 6.07 Å². The molecule has 0 amide bonds. The van der Waals surface area contributed by atoms with Crippen LogP contribution in [0, 0.1) is 19.7 Å². The number of esters is 1. The maximum atomic E-state index is 14.6. The van der Waals surface area contributed by atoms with Crippen molar-refractivity contribution in [2.75, 3.05) is 33.5 Å². The number of carbonyl (C=O) groups is 1. The Balaban J connectivity index is 1.73. The van der Waals surface area contributed by atoms with Crippen LogP contribution >= 0.6 is 0 Å². The number of halogens is 1. The van der Waals surface area contributed by atoms with E-state index in [0.29, 0.717) is 37.7 Å². The van der Waals surface area contributed by atoms with Crippen LogP contribution in [0.1, 0.15) is 42.5 Å². The summed E-state index contributed by atoms with van der Waals surface area (Å²) in [6.07, 6.45) is 0.417. The van der Waals surface area contributed by atoms with Crippen LogP contribution in [0.4, 0.5) is 4.39 Å². The van der Waals surface area contributed by atoms with Crippen molar-refractivity contribution in [1.29, 1.82) is 0 Å². The maximum absolute atomic E-state index is 14.6. The first-order valence-electron chi connectivity index (χ1n) is 12.9. The van der Waals surface area contributed by atoms with Crippen LogP contribution in [0.15, 0.2) is 48.5 Å². The Bertz CT molecular complexity index is 1200. The zero-order valence-electron chi connectivity index (χ0n) is 22.9. The van der Waals surface area contributed by atoms with E-state index in [4.69, 9.17) is 23.7 Å². The van der Waals surface area contributed by atoms with E-state index in [1.54, 1.807) is 26.2 Å².